The maximum absolute atomic E-state index is 14.2. The summed E-state index contributed by atoms with van der Waals surface area (Å²) in [4.78, 5) is 23.7. The number of nitrogens with zero attached hydrogens (tertiary/aromatic N) is 1. The standard InChI is InChI=1S/C29H29F4N3O8S2/c1-17-8-10-22(30)25(12-17)45(39,40)35-26(37)15-20-16-36(46(41,42)21-7-5-6-18(13-21)29(31,32)33)23-14-19(9-11-24(23)43-20)34-27(38)44-28(2,3)4/h5-14,20H,15-16H2,1-4H3,(H,34,38)(H,35,37). The molecule has 0 saturated carbocycles. The summed E-state index contributed by atoms with van der Waals surface area (Å²) in [5.41, 5.74) is -1.85. The fourth-order valence-electron chi connectivity index (χ4n) is 4.38. The van der Waals surface area contributed by atoms with Gasteiger partial charge in [0.2, 0.25) is 5.91 Å². The summed E-state index contributed by atoms with van der Waals surface area (Å²) in [6.07, 6.45) is -7.84. The lowest BCUT2D eigenvalue weighted by Crippen LogP contribution is -2.46. The van der Waals surface area contributed by atoms with E-state index in [0.29, 0.717) is 22.0 Å². The second kappa shape index (κ2) is 12.4. The molecular weight excluding hydrogens is 658 g/mol. The summed E-state index contributed by atoms with van der Waals surface area (Å²) in [5, 5.41) is 2.43. The smallest absolute Gasteiger partial charge is 0.416 e. The number of sulfonamides is 2. The maximum atomic E-state index is 14.2. The highest BCUT2D eigenvalue weighted by Gasteiger charge is 2.38. The van der Waals surface area contributed by atoms with Crippen molar-refractivity contribution in [2.45, 2.75) is 61.8 Å². The van der Waals surface area contributed by atoms with Gasteiger partial charge >= 0.3 is 12.3 Å². The van der Waals surface area contributed by atoms with Gasteiger partial charge in [-0.3, -0.25) is 14.4 Å². The third-order valence-corrected chi connectivity index (χ3v) is 9.49. The van der Waals surface area contributed by atoms with E-state index in [9.17, 15) is 44.0 Å². The molecule has 17 heteroatoms. The van der Waals surface area contributed by atoms with Crippen LogP contribution in [0.5, 0.6) is 5.75 Å². The number of amides is 2. The molecule has 0 aliphatic carbocycles. The summed E-state index contributed by atoms with van der Waals surface area (Å²) < 4.78 is 121. The van der Waals surface area contributed by atoms with Gasteiger partial charge in [0.25, 0.3) is 20.0 Å². The quantitative estimate of drug-likeness (QED) is 0.316. The molecular formula is C29H29F4N3O8S2. The Morgan fingerprint density at radius 1 is 1.00 bits per heavy atom. The van der Waals surface area contributed by atoms with Crippen LogP contribution in [0, 0.1) is 12.7 Å². The average Bonchev–Trinajstić information content (AvgIpc) is 2.92. The number of fused-ring (bicyclic) bond motifs is 1. The molecule has 248 valence electrons. The van der Waals surface area contributed by atoms with Gasteiger partial charge in [0.05, 0.1) is 29.1 Å². The Balaban J connectivity index is 1.68. The van der Waals surface area contributed by atoms with Crippen molar-refractivity contribution in [2.75, 3.05) is 16.2 Å². The van der Waals surface area contributed by atoms with Crippen LogP contribution in [0.25, 0.3) is 0 Å². The van der Waals surface area contributed by atoms with E-state index in [4.69, 9.17) is 9.47 Å². The van der Waals surface area contributed by atoms with Crippen LogP contribution in [0.15, 0.2) is 70.5 Å². The first-order valence-electron chi connectivity index (χ1n) is 13.5. The number of alkyl halides is 3. The third-order valence-electron chi connectivity index (χ3n) is 6.32. The van der Waals surface area contributed by atoms with E-state index in [1.54, 1.807) is 25.5 Å². The lowest BCUT2D eigenvalue weighted by Gasteiger charge is -2.35. The van der Waals surface area contributed by atoms with Gasteiger partial charge < -0.3 is 9.47 Å². The number of anilines is 2. The number of benzene rings is 3. The van der Waals surface area contributed by atoms with Gasteiger partial charge in [-0.15, -0.1) is 0 Å². The molecule has 1 aliphatic heterocycles. The molecule has 46 heavy (non-hydrogen) atoms. The molecule has 2 N–H and O–H groups in total. The summed E-state index contributed by atoms with van der Waals surface area (Å²) in [6.45, 7) is 5.72. The van der Waals surface area contributed by atoms with Crippen molar-refractivity contribution >= 4 is 43.4 Å². The molecule has 0 fully saturated rings. The van der Waals surface area contributed by atoms with E-state index in [2.05, 4.69) is 5.32 Å². The van der Waals surface area contributed by atoms with Crippen molar-refractivity contribution in [1.29, 1.82) is 0 Å². The van der Waals surface area contributed by atoms with Crippen LogP contribution >= 0.6 is 0 Å². The number of hydrogen-bond donors (Lipinski definition) is 2. The minimum atomic E-state index is -4.86. The SMILES string of the molecule is Cc1ccc(F)c(S(=O)(=O)NC(=O)CC2CN(S(=O)(=O)c3cccc(C(F)(F)F)c3)c3cc(NC(=O)OC(C)(C)C)ccc3O2)c1. The predicted molar refractivity (Wildman–Crippen MR) is 158 cm³/mol. The molecule has 0 bridgehead atoms. The fraction of sp³-hybridized carbons (Fsp3) is 0.310. The number of hydrogen-bond acceptors (Lipinski definition) is 8. The molecule has 2 amide bonds. The first-order valence-corrected chi connectivity index (χ1v) is 16.4. The van der Waals surface area contributed by atoms with Crippen LogP contribution in [0.2, 0.25) is 0 Å². The third kappa shape index (κ3) is 8.06. The number of halogens is 4. The minimum Gasteiger partial charge on any atom is -0.486 e. The van der Waals surface area contributed by atoms with Crippen LogP contribution < -0.4 is 19.1 Å². The predicted octanol–water partition coefficient (Wildman–Crippen LogP) is 5.35. The van der Waals surface area contributed by atoms with Crippen molar-refractivity contribution in [3.8, 4) is 5.75 Å². The van der Waals surface area contributed by atoms with Crippen molar-refractivity contribution in [2.24, 2.45) is 0 Å². The van der Waals surface area contributed by atoms with Crippen LogP contribution in [0.1, 0.15) is 38.3 Å². The molecule has 0 saturated heterocycles. The van der Waals surface area contributed by atoms with E-state index in [-0.39, 0.29) is 17.1 Å². The van der Waals surface area contributed by atoms with Crippen LogP contribution in [0.4, 0.5) is 33.7 Å². The molecule has 1 unspecified atom stereocenters. The van der Waals surface area contributed by atoms with Crippen molar-refractivity contribution in [1.82, 2.24) is 4.72 Å². The molecule has 3 aromatic rings. The molecule has 0 aromatic heterocycles. The van der Waals surface area contributed by atoms with Gasteiger partial charge in [0.15, 0.2) is 0 Å². The highest BCUT2D eigenvalue weighted by atomic mass is 32.2. The zero-order valence-corrected chi connectivity index (χ0v) is 26.4. The van der Waals surface area contributed by atoms with E-state index < -0.39 is 84.1 Å². The molecule has 3 aromatic carbocycles. The summed E-state index contributed by atoms with van der Waals surface area (Å²) in [7, 11) is -9.46. The molecule has 0 spiro atoms. The zero-order chi connectivity index (χ0) is 34.2. The number of ether oxygens (including phenoxy) is 2. The second-order valence-electron chi connectivity index (χ2n) is 11.3. The molecule has 4 rings (SSSR count). The topological polar surface area (TPSA) is 148 Å². The van der Waals surface area contributed by atoms with Crippen molar-refractivity contribution in [3.63, 3.8) is 0 Å². The van der Waals surface area contributed by atoms with E-state index in [1.165, 1.54) is 31.2 Å². The number of carbonyl (C=O) groups excluding carboxylic acids is 2. The number of nitrogens with one attached hydrogen (secondary N) is 2. The molecule has 1 aliphatic rings. The number of carbonyl (C=O) groups is 2. The number of rotatable bonds is 7. The number of aryl methyl sites for hydroxylation is 1. The summed E-state index contributed by atoms with van der Waals surface area (Å²) in [5.74, 6) is -2.43. The van der Waals surface area contributed by atoms with Crippen LogP contribution in [-0.4, -0.2) is 47.1 Å². The maximum Gasteiger partial charge on any atom is 0.416 e. The van der Waals surface area contributed by atoms with Gasteiger partial charge in [-0.25, -0.2) is 30.7 Å². The van der Waals surface area contributed by atoms with Crippen molar-refractivity contribution < 1.29 is 53.5 Å². The Bertz CT molecular complexity index is 1890. The van der Waals surface area contributed by atoms with Crippen LogP contribution in [-0.2, 0) is 35.8 Å². The van der Waals surface area contributed by atoms with Crippen LogP contribution in [0.3, 0.4) is 0 Å². The summed E-state index contributed by atoms with van der Waals surface area (Å²) >= 11 is 0. The lowest BCUT2D eigenvalue weighted by molar-refractivity contribution is -0.137. The van der Waals surface area contributed by atoms with E-state index in [1.807, 2.05) is 0 Å². The first-order chi connectivity index (χ1) is 21.2. The molecule has 1 atom stereocenters. The van der Waals surface area contributed by atoms with E-state index in [0.717, 1.165) is 24.3 Å². The fourth-order valence-corrected chi connectivity index (χ4v) is 7.08. The Morgan fingerprint density at radius 2 is 1.70 bits per heavy atom. The van der Waals surface area contributed by atoms with E-state index >= 15 is 0 Å². The Labute approximate surface area is 262 Å². The second-order valence-corrected chi connectivity index (χ2v) is 14.8. The zero-order valence-electron chi connectivity index (χ0n) is 24.8. The molecule has 11 nitrogen and oxygen atoms in total. The molecule has 0 radical (unpaired) electrons. The first kappa shape index (κ1) is 34.5. The van der Waals surface area contributed by atoms with Gasteiger partial charge in [-0.05, 0) is 81.8 Å². The van der Waals surface area contributed by atoms with Gasteiger partial charge in [0, 0.05) is 5.69 Å². The highest BCUT2D eigenvalue weighted by molar-refractivity contribution is 7.92. The minimum absolute atomic E-state index is 0.0447. The molecule has 1 heterocycles. The normalized spacial score (nSPS) is 15.4. The van der Waals surface area contributed by atoms with Crippen molar-refractivity contribution in [3.05, 3.63) is 77.6 Å². The Hall–Kier alpha value is -4.38. The summed E-state index contributed by atoms with van der Waals surface area (Å²) in [6, 6.07) is 10.0. The Kier molecular flexibility index (Phi) is 9.32. The van der Waals surface area contributed by atoms with Gasteiger partial charge in [0.1, 0.15) is 28.2 Å². The van der Waals surface area contributed by atoms with Gasteiger partial charge in [-0.1, -0.05) is 12.1 Å². The average molecular weight is 688 g/mol. The Morgan fingerprint density at radius 3 is 2.35 bits per heavy atom. The highest BCUT2D eigenvalue weighted by Crippen LogP contribution is 2.40. The van der Waals surface area contributed by atoms with Gasteiger partial charge in [-0.2, -0.15) is 13.2 Å². The largest absolute Gasteiger partial charge is 0.486 e. The lowest BCUT2D eigenvalue weighted by atomic mass is 10.1. The monoisotopic (exact) mass is 687 g/mol.